The largest absolute Gasteiger partial charge is 0.496 e. The van der Waals surface area contributed by atoms with Crippen molar-refractivity contribution in [3.8, 4) is 5.75 Å². The Hall–Kier alpha value is -3.39. The molecular formula is C21H22N4O4. The van der Waals surface area contributed by atoms with Crippen molar-refractivity contribution in [1.29, 1.82) is 0 Å². The van der Waals surface area contributed by atoms with E-state index in [2.05, 4.69) is 10.4 Å². The van der Waals surface area contributed by atoms with E-state index >= 15 is 0 Å². The van der Waals surface area contributed by atoms with E-state index in [1.807, 2.05) is 24.3 Å². The van der Waals surface area contributed by atoms with Crippen molar-refractivity contribution in [1.82, 2.24) is 14.7 Å². The molecule has 0 atom stereocenters. The number of methoxy groups -OCH3 is 1. The number of fused-ring (bicyclic) bond motifs is 1. The summed E-state index contributed by atoms with van der Waals surface area (Å²) in [7, 11) is 1.61. The van der Waals surface area contributed by atoms with Crippen LogP contribution < -0.4 is 10.1 Å². The number of amides is 2. The first-order chi connectivity index (χ1) is 14.2. The highest BCUT2D eigenvalue weighted by atomic mass is 16.5. The van der Waals surface area contributed by atoms with E-state index in [0.29, 0.717) is 43.3 Å². The molecule has 0 spiro atoms. The third kappa shape index (κ3) is 4.07. The van der Waals surface area contributed by atoms with Gasteiger partial charge in [0.15, 0.2) is 0 Å². The molecule has 1 aromatic heterocycles. The van der Waals surface area contributed by atoms with Crippen molar-refractivity contribution < 1.29 is 19.1 Å². The topological polar surface area (TPSA) is 85.7 Å². The minimum Gasteiger partial charge on any atom is -0.496 e. The zero-order valence-corrected chi connectivity index (χ0v) is 16.1. The van der Waals surface area contributed by atoms with Crippen LogP contribution >= 0.6 is 0 Å². The second-order valence-electron chi connectivity index (χ2n) is 6.73. The van der Waals surface area contributed by atoms with Gasteiger partial charge >= 0.3 is 0 Å². The first kappa shape index (κ1) is 18.9. The number of rotatable bonds is 5. The van der Waals surface area contributed by atoms with Crippen molar-refractivity contribution in [2.24, 2.45) is 0 Å². The number of carbonyl (C=O) groups is 2. The van der Waals surface area contributed by atoms with Gasteiger partial charge in [0.1, 0.15) is 12.3 Å². The van der Waals surface area contributed by atoms with Gasteiger partial charge in [0.05, 0.1) is 32.2 Å². The van der Waals surface area contributed by atoms with E-state index < -0.39 is 0 Å². The monoisotopic (exact) mass is 394 g/mol. The van der Waals surface area contributed by atoms with Crippen LogP contribution in [0.3, 0.4) is 0 Å². The van der Waals surface area contributed by atoms with Gasteiger partial charge in [-0.05, 0) is 17.5 Å². The van der Waals surface area contributed by atoms with Crippen LogP contribution in [0.5, 0.6) is 5.75 Å². The molecule has 1 aliphatic heterocycles. The highest BCUT2D eigenvalue weighted by Crippen LogP contribution is 2.28. The average molecular weight is 394 g/mol. The molecule has 2 amide bonds. The minimum atomic E-state index is -0.247. The van der Waals surface area contributed by atoms with E-state index in [-0.39, 0.29) is 18.4 Å². The molecule has 0 saturated carbocycles. The number of anilines is 1. The highest BCUT2D eigenvalue weighted by molar-refractivity contribution is 6.13. The van der Waals surface area contributed by atoms with Gasteiger partial charge in [0.25, 0.3) is 5.91 Å². The van der Waals surface area contributed by atoms with Crippen molar-refractivity contribution in [2.45, 2.75) is 6.54 Å². The molecule has 8 heteroatoms. The van der Waals surface area contributed by atoms with Crippen LogP contribution in [0.2, 0.25) is 0 Å². The van der Waals surface area contributed by atoms with E-state index in [9.17, 15) is 9.59 Å². The lowest BCUT2D eigenvalue weighted by Gasteiger charge is -2.26. The van der Waals surface area contributed by atoms with Crippen LogP contribution in [0.4, 0.5) is 5.69 Å². The summed E-state index contributed by atoms with van der Waals surface area (Å²) < 4.78 is 12.2. The van der Waals surface area contributed by atoms with Crippen LogP contribution in [0.25, 0.3) is 10.8 Å². The standard InChI is InChI=1S/C21H22N4O4/c1-28-19-7-6-18(16-4-2-3-5-17(16)19)21(27)23-15-12-22-25(13-15)14-20(26)24-8-10-29-11-9-24/h2-7,12-13H,8-11,14H2,1H3,(H,23,27). The summed E-state index contributed by atoms with van der Waals surface area (Å²) in [6.45, 7) is 2.42. The molecule has 1 N–H and O–H groups in total. The number of ether oxygens (including phenoxy) is 2. The van der Waals surface area contributed by atoms with Crippen molar-refractivity contribution in [2.75, 3.05) is 38.7 Å². The molecule has 8 nitrogen and oxygen atoms in total. The summed E-state index contributed by atoms with van der Waals surface area (Å²) in [6, 6.07) is 11.1. The summed E-state index contributed by atoms with van der Waals surface area (Å²) in [6.07, 6.45) is 3.19. The molecule has 29 heavy (non-hydrogen) atoms. The number of benzene rings is 2. The fraction of sp³-hybridized carbons (Fsp3) is 0.286. The number of aromatic nitrogens is 2. The zero-order chi connectivity index (χ0) is 20.2. The second kappa shape index (κ2) is 8.32. The fourth-order valence-electron chi connectivity index (χ4n) is 3.41. The quantitative estimate of drug-likeness (QED) is 0.717. The molecule has 1 saturated heterocycles. The van der Waals surface area contributed by atoms with Crippen LogP contribution in [0.1, 0.15) is 10.4 Å². The smallest absolute Gasteiger partial charge is 0.256 e. The van der Waals surface area contributed by atoms with Gasteiger partial charge in [-0.25, -0.2) is 0 Å². The Kier molecular flexibility index (Phi) is 5.44. The zero-order valence-electron chi connectivity index (χ0n) is 16.1. The van der Waals surface area contributed by atoms with E-state index in [4.69, 9.17) is 9.47 Å². The van der Waals surface area contributed by atoms with E-state index in [1.54, 1.807) is 30.3 Å². The maximum Gasteiger partial charge on any atom is 0.256 e. The molecule has 4 rings (SSSR count). The lowest BCUT2D eigenvalue weighted by atomic mass is 10.0. The van der Waals surface area contributed by atoms with Gasteiger partial charge < -0.3 is 19.7 Å². The Morgan fingerprint density at radius 1 is 1.14 bits per heavy atom. The van der Waals surface area contributed by atoms with Crippen molar-refractivity contribution >= 4 is 28.3 Å². The second-order valence-corrected chi connectivity index (χ2v) is 6.73. The van der Waals surface area contributed by atoms with Crippen LogP contribution in [0.15, 0.2) is 48.8 Å². The first-order valence-corrected chi connectivity index (χ1v) is 9.41. The molecule has 0 radical (unpaired) electrons. The summed E-state index contributed by atoms with van der Waals surface area (Å²) in [5.74, 6) is 0.449. The van der Waals surface area contributed by atoms with Gasteiger partial charge in [0.2, 0.25) is 5.91 Å². The van der Waals surface area contributed by atoms with Gasteiger partial charge in [-0.15, -0.1) is 0 Å². The van der Waals surface area contributed by atoms with Gasteiger partial charge in [0, 0.05) is 30.2 Å². The summed E-state index contributed by atoms with van der Waals surface area (Å²) in [5, 5.41) is 8.72. The number of nitrogens with one attached hydrogen (secondary N) is 1. The first-order valence-electron chi connectivity index (χ1n) is 9.41. The van der Waals surface area contributed by atoms with E-state index in [1.165, 1.54) is 10.9 Å². The van der Waals surface area contributed by atoms with Gasteiger partial charge in [-0.1, -0.05) is 24.3 Å². The summed E-state index contributed by atoms with van der Waals surface area (Å²) in [5.41, 5.74) is 1.07. The maximum absolute atomic E-state index is 12.8. The van der Waals surface area contributed by atoms with Gasteiger partial charge in [-0.2, -0.15) is 5.10 Å². The number of morpholine rings is 1. The Morgan fingerprint density at radius 2 is 1.90 bits per heavy atom. The third-order valence-electron chi connectivity index (χ3n) is 4.90. The Bertz CT molecular complexity index is 1040. The van der Waals surface area contributed by atoms with Crippen molar-refractivity contribution in [3.05, 3.63) is 54.4 Å². The Morgan fingerprint density at radius 3 is 2.66 bits per heavy atom. The predicted octanol–water partition coefficient (Wildman–Crippen LogP) is 2.16. The van der Waals surface area contributed by atoms with Gasteiger partial charge in [-0.3, -0.25) is 14.3 Å². The molecule has 1 fully saturated rings. The molecule has 2 aromatic carbocycles. The summed E-state index contributed by atoms with van der Waals surface area (Å²) >= 11 is 0. The molecule has 1 aliphatic rings. The minimum absolute atomic E-state index is 0.0181. The maximum atomic E-state index is 12.8. The molecule has 0 aliphatic carbocycles. The SMILES string of the molecule is COc1ccc(C(=O)Nc2cnn(CC(=O)N3CCOCC3)c2)c2ccccc12. The fourth-order valence-corrected chi connectivity index (χ4v) is 3.41. The average Bonchev–Trinajstić information content (AvgIpc) is 3.20. The Balaban J connectivity index is 1.47. The van der Waals surface area contributed by atoms with E-state index in [0.717, 1.165) is 10.8 Å². The number of nitrogens with zero attached hydrogens (tertiary/aromatic N) is 3. The molecular weight excluding hydrogens is 372 g/mol. The predicted molar refractivity (Wildman–Crippen MR) is 108 cm³/mol. The number of hydrogen-bond donors (Lipinski definition) is 1. The molecule has 0 bridgehead atoms. The normalized spacial score (nSPS) is 14.0. The lowest BCUT2D eigenvalue weighted by molar-refractivity contribution is -0.136. The molecule has 3 aromatic rings. The number of carbonyl (C=O) groups excluding carboxylic acids is 2. The molecule has 2 heterocycles. The number of hydrogen-bond acceptors (Lipinski definition) is 5. The van der Waals surface area contributed by atoms with Crippen LogP contribution in [-0.2, 0) is 16.1 Å². The third-order valence-corrected chi connectivity index (χ3v) is 4.90. The van der Waals surface area contributed by atoms with Crippen molar-refractivity contribution in [3.63, 3.8) is 0 Å². The highest BCUT2D eigenvalue weighted by Gasteiger charge is 2.18. The lowest BCUT2D eigenvalue weighted by Crippen LogP contribution is -2.42. The van der Waals surface area contributed by atoms with Crippen LogP contribution in [0, 0.1) is 0 Å². The molecule has 150 valence electrons. The Labute approximate surface area is 168 Å². The summed E-state index contributed by atoms with van der Waals surface area (Å²) in [4.78, 5) is 26.9. The van der Waals surface area contributed by atoms with Crippen LogP contribution in [-0.4, -0.2) is 59.9 Å². The molecule has 0 unspecified atom stereocenters.